The van der Waals surface area contributed by atoms with E-state index >= 15 is 0 Å². The average molecular weight is 272 g/mol. The highest BCUT2D eigenvalue weighted by molar-refractivity contribution is 7.13. The lowest BCUT2D eigenvalue weighted by Gasteiger charge is -2.19. The number of nitrogens with zero attached hydrogens (tertiary/aromatic N) is 1. The number of hydrogen-bond donors (Lipinski definition) is 1. The first-order valence-electron chi connectivity index (χ1n) is 7.15. The zero-order chi connectivity index (χ0) is 12.9. The number of benzene rings is 1. The fourth-order valence-electron chi connectivity index (χ4n) is 2.73. The van der Waals surface area contributed by atoms with Crippen molar-refractivity contribution < 1.29 is 0 Å². The Balaban J connectivity index is 1.58. The first-order chi connectivity index (χ1) is 9.42. The van der Waals surface area contributed by atoms with Crippen molar-refractivity contribution in [2.45, 2.75) is 44.6 Å². The lowest BCUT2D eigenvalue weighted by Crippen LogP contribution is -2.05. The molecule has 1 fully saturated rings. The fourth-order valence-corrected chi connectivity index (χ4v) is 3.52. The third-order valence-electron chi connectivity index (χ3n) is 3.83. The van der Waals surface area contributed by atoms with Crippen LogP contribution in [0.5, 0.6) is 0 Å². The smallest absolute Gasteiger partial charge is 0.183 e. The van der Waals surface area contributed by atoms with Gasteiger partial charge in [-0.1, -0.05) is 49.6 Å². The zero-order valence-corrected chi connectivity index (χ0v) is 12.0. The van der Waals surface area contributed by atoms with Crippen molar-refractivity contribution in [3.8, 4) is 0 Å². The van der Waals surface area contributed by atoms with Gasteiger partial charge in [0.2, 0.25) is 0 Å². The van der Waals surface area contributed by atoms with Crippen LogP contribution in [0.4, 0.5) is 5.13 Å². The van der Waals surface area contributed by atoms with Crippen molar-refractivity contribution >= 4 is 16.5 Å². The van der Waals surface area contributed by atoms with E-state index in [-0.39, 0.29) is 0 Å². The molecule has 1 aromatic carbocycles. The first kappa shape index (κ1) is 12.7. The molecule has 3 rings (SSSR count). The number of hydrogen-bond acceptors (Lipinski definition) is 3. The molecule has 0 radical (unpaired) electrons. The largest absolute Gasteiger partial charge is 0.357 e. The summed E-state index contributed by atoms with van der Waals surface area (Å²) in [4.78, 5) is 4.76. The van der Waals surface area contributed by atoms with Crippen LogP contribution >= 0.6 is 11.3 Å². The van der Waals surface area contributed by atoms with Crippen LogP contribution in [0.3, 0.4) is 0 Å². The number of nitrogens with one attached hydrogen (secondary N) is 1. The van der Waals surface area contributed by atoms with Crippen LogP contribution in [0.15, 0.2) is 35.7 Å². The summed E-state index contributed by atoms with van der Waals surface area (Å²) in [6.45, 7) is 0.860. The number of rotatable bonds is 4. The highest BCUT2D eigenvalue weighted by atomic mass is 32.1. The second kappa shape index (κ2) is 6.20. The van der Waals surface area contributed by atoms with Gasteiger partial charge in [-0.05, 0) is 18.4 Å². The van der Waals surface area contributed by atoms with Crippen LogP contribution in [0.1, 0.15) is 49.3 Å². The fraction of sp³-hybridized carbons (Fsp3) is 0.438. The minimum absolute atomic E-state index is 0.706. The summed E-state index contributed by atoms with van der Waals surface area (Å²) in [6.07, 6.45) is 6.79. The van der Waals surface area contributed by atoms with Gasteiger partial charge in [-0.25, -0.2) is 4.98 Å². The third kappa shape index (κ3) is 3.35. The van der Waals surface area contributed by atoms with E-state index in [1.165, 1.54) is 43.4 Å². The standard InChI is InChI=1S/C16H20N2S/c1-3-7-13(8-4-1)11-17-16-18-15(12-19-16)14-9-5-2-6-10-14/h1,3-4,7-8,12,14H,2,5-6,9-11H2,(H,17,18). The molecule has 1 heterocycles. The molecule has 0 amide bonds. The van der Waals surface area contributed by atoms with E-state index in [0.717, 1.165) is 11.7 Å². The molecule has 0 spiro atoms. The second-order valence-corrected chi connectivity index (χ2v) is 6.11. The van der Waals surface area contributed by atoms with Crippen LogP contribution in [0, 0.1) is 0 Å². The van der Waals surface area contributed by atoms with Gasteiger partial charge in [0.05, 0.1) is 5.69 Å². The van der Waals surface area contributed by atoms with Crippen LogP contribution in [0.2, 0.25) is 0 Å². The molecule has 100 valence electrons. The molecular weight excluding hydrogens is 252 g/mol. The molecule has 0 unspecified atom stereocenters. The zero-order valence-electron chi connectivity index (χ0n) is 11.1. The Bertz CT molecular complexity index is 500. The summed E-state index contributed by atoms with van der Waals surface area (Å²) in [5, 5.41) is 6.73. The summed E-state index contributed by atoms with van der Waals surface area (Å²) in [7, 11) is 0. The van der Waals surface area contributed by atoms with Crippen LogP contribution in [0.25, 0.3) is 0 Å². The normalized spacial score (nSPS) is 16.4. The van der Waals surface area contributed by atoms with E-state index in [1.54, 1.807) is 11.3 Å². The van der Waals surface area contributed by atoms with Gasteiger partial charge in [-0.3, -0.25) is 0 Å². The molecule has 2 nitrogen and oxygen atoms in total. The molecule has 0 aliphatic heterocycles. The molecule has 0 atom stereocenters. The van der Waals surface area contributed by atoms with Crippen molar-refractivity contribution in [3.63, 3.8) is 0 Å². The summed E-state index contributed by atoms with van der Waals surface area (Å²) in [5.74, 6) is 0.706. The van der Waals surface area contributed by atoms with E-state index in [9.17, 15) is 0 Å². The molecule has 1 saturated carbocycles. The molecule has 0 bridgehead atoms. The molecule has 3 heteroatoms. The quantitative estimate of drug-likeness (QED) is 0.864. The van der Waals surface area contributed by atoms with Gasteiger partial charge < -0.3 is 5.32 Å². The van der Waals surface area contributed by atoms with E-state index in [4.69, 9.17) is 4.98 Å². The van der Waals surface area contributed by atoms with Crippen molar-refractivity contribution in [2.75, 3.05) is 5.32 Å². The molecule has 1 N–H and O–H groups in total. The van der Waals surface area contributed by atoms with E-state index in [1.807, 2.05) is 6.07 Å². The van der Waals surface area contributed by atoms with Gasteiger partial charge in [0.25, 0.3) is 0 Å². The highest BCUT2D eigenvalue weighted by Crippen LogP contribution is 2.34. The maximum Gasteiger partial charge on any atom is 0.183 e. The SMILES string of the molecule is c1ccc(CNc2nc(C3CCCCC3)cs2)cc1. The lowest BCUT2D eigenvalue weighted by atomic mass is 9.87. The van der Waals surface area contributed by atoms with Gasteiger partial charge in [0.15, 0.2) is 5.13 Å². The van der Waals surface area contributed by atoms with Gasteiger partial charge >= 0.3 is 0 Å². The first-order valence-corrected chi connectivity index (χ1v) is 8.03. The third-order valence-corrected chi connectivity index (χ3v) is 4.65. The Kier molecular flexibility index (Phi) is 4.13. The Morgan fingerprint density at radius 3 is 2.68 bits per heavy atom. The summed E-state index contributed by atoms with van der Waals surface area (Å²) in [6, 6.07) is 10.5. The van der Waals surface area contributed by atoms with Crippen LogP contribution in [-0.2, 0) is 6.54 Å². The number of thiazole rings is 1. The Morgan fingerprint density at radius 1 is 1.11 bits per heavy atom. The highest BCUT2D eigenvalue weighted by Gasteiger charge is 2.18. The van der Waals surface area contributed by atoms with E-state index < -0.39 is 0 Å². The molecule has 0 saturated heterocycles. The topological polar surface area (TPSA) is 24.9 Å². The predicted octanol–water partition coefficient (Wildman–Crippen LogP) is 4.80. The average Bonchev–Trinajstić information content (AvgIpc) is 2.96. The van der Waals surface area contributed by atoms with Gasteiger partial charge in [-0.15, -0.1) is 11.3 Å². The van der Waals surface area contributed by atoms with E-state index in [0.29, 0.717) is 5.92 Å². The molecule has 1 aliphatic carbocycles. The number of aromatic nitrogens is 1. The van der Waals surface area contributed by atoms with Gasteiger partial charge in [-0.2, -0.15) is 0 Å². The second-order valence-electron chi connectivity index (χ2n) is 5.25. The van der Waals surface area contributed by atoms with Crippen molar-refractivity contribution in [1.29, 1.82) is 0 Å². The lowest BCUT2D eigenvalue weighted by molar-refractivity contribution is 0.438. The minimum atomic E-state index is 0.706. The minimum Gasteiger partial charge on any atom is -0.357 e. The van der Waals surface area contributed by atoms with Gasteiger partial charge in [0.1, 0.15) is 0 Å². The van der Waals surface area contributed by atoms with Crippen molar-refractivity contribution in [2.24, 2.45) is 0 Å². The monoisotopic (exact) mass is 272 g/mol. The maximum atomic E-state index is 4.76. The molecular formula is C16H20N2S. The molecule has 19 heavy (non-hydrogen) atoms. The Morgan fingerprint density at radius 2 is 1.89 bits per heavy atom. The Labute approximate surface area is 118 Å². The van der Waals surface area contributed by atoms with Crippen LogP contribution < -0.4 is 5.32 Å². The Hall–Kier alpha value is -1.35. The maximum absolute atomic E-state index is 4.76. The van der Waals surface area contributed by atoms with Crippen LogP contribution in [-0.4, -0.2) is 4.98 Å². The summed E-state index contributed by atoms with van der Waals surface area (Å²) < 4.78 is 0. The van der Waals surface area contributed by atoms with E-state index in [2.05, 4.69) is 35.0 Å². The molecule has 1 aliphatic rings. The molecule has 2 aromatic rings. The predicted molar refractivity (Wildman–Crippen MR) is 81.7 cm³/mol. The van der Waals surface area contributed by atoms with Crippen molar-refractivity contribution in [1.82, 2.24) is 4.98 Å². The van der Waals surface area contributed by atoms with Gasteiger partial charge in [0, 0.05) is 17.8 Å². The summed E-state index contributed by atoms with van der Waals surface area (Å²) in [5.41, 5.74) is 2.61. The van der Waals surface area contributed by atoms with Crippen molar-refractivity contribution in [3.05, 3.63) is 47.0 Å². The number of anilines is 1. The molecule has 1 aromatic heterocycles. The summed E-state index contributed by atoms with van der Waals surface area (Å²) >= 11 is 1.74.